The topological polar surface area (TPSA) is 120 Å². The Labute approximate surface area is 123 Å². The summed E-state index contributed by atoms with van der Waals surface area (Å²) in [6.45, 7) is 0.305. The van der Waals surface area contributed by atoms with Crippen molar-refractivity contribution in [3.8, 4) is 5.75 Å². The van der Waals surface area contributed by atoms with Crippen molar-refractivity contribution < 1.29 is 22.7 Å². The number of nitrogens with one attached hydrogen (secondary N) is 2. The van der Waals surface area contributed by atoms with Crippen molar-refractivity contribution in [3.05, 3.63) is 18.2 Å². The third kappa shape index (κ3) is 5.21. The summed E-state index contributed by atoms with van der Waals surface area (Å²) in [6, 6.07) is 4.05. The summed E-state index contributed by atoms with van der Waals surface area (Å²) < 4.78 is 36.0. The largest absolute Gasteiger partial charge is 0.495 e. The number of carbonyl (C=O) groups excluding carboxylic acids is 1. The maximum atomic E-state index is 12.0. The van der Waals surface area contributed by atoms with Gasteiger partial charge in [0.05, 0.1) is 30.8 Å². The van der Waals surface area contributed by atoms with Crippen LogP contribution in [0.3, 0.4) is 0 Å². The molecule has 0 aliphatic heterocycles. The minimum absolute atomic E-state index is 0.0294. The number of hydrogen-bond donors (Lipinski definition) is 3. The van der Waals surface area contributed by atoms with Gasteiger partial charge in [-0.05, 0) is 12.1 Å². The second-order valence-corrected chi connectivity index (χ2v) is 5.84. The number of benzene rings is 1. The van der Waals surface area contributed by atoms with Crippen LogP contribution in [0.25, 0.3) is 0 Å². The highest BCUT2D eigenvalue weighted by Gasteiger charge is 2.17. The molecule has 0 aliphatic rings. The Morgan fingerprint density at radius 1 is 1.33 bits per heavy atom. The highest BCUT2D eigenvalue weighted by Crippen LogP contribution is 2.24. The molecule has 1 aromatic rings. The number of ether oxygens (including phenoxy) is 2. The molecule has 118 valence electrons. The first-order valence-electron chi connectivity index (χ1n) is 6.09. The van der Waals surface area contributed by atoms with Gasteiger partial charge in [0, 0.05) is 19.7 Å². The van der Waals surface area contributed by atoms with E-state index in [1.54, 1.807) is 0 Å². The molecule has 0 aromatic heterocycles. The second-order valence-electron chi connectivity index (χ2n) is 4.07. The molecule has 0 fully saturated rings. The van der Waals surface area contributed by atoms with Crippen LogP contribution in [0.4, 0.5) is 5.69 Å². The van der Waals surface area contributed by atoms with Crippen LogP contribution in [0.15, 0.2) is 23.1 Å². The number of anilines is 1. The first-order chi connectivity index (χ1) is 9.90. The third-order valence-electron chi connectivity index (χ3n) is 2.57. The van der Waals surface area contributed by atoms with Crippen molar-refractivity contribution in [2.75, 3.05) is 39.6 Å². The zero-order valence-corrected chi connectivity index (χ0v) is 12.7. The average Bonchev–Trinajstić information content (AvgIpc) is 2.46. The predicted octanol–water partition coefficient (Wildman–Crippen LogP) is -0.682. The monoisotopic (exact) mass is 317 g/mol. The number of methoxy groups -OCH3 is 2. The third-order valence-corrected chi connectivity index (χ3v) is 3.97. The fraction of sp³-hybridized carbons (Fsp3) is 0.417. The summed E-state index contributed by atoms with van der Waals surface area (Å²) in [6.07, 6.45) is 0. The maximum Gasteiger partial charge on any atom is 0.241 e. The lowest BCUT2D eigenvalue weighted by Crippen LogP contribution is -2.38. The van der Waals surface area contributed by atoms with Crippen LogP contribution in [0, 0.1) is 0 Å². The number of hydrogen-bond acceptors (Lipinski definition) is 6. The average molecular weight is 317 g/mol. The van der Waals surface area contributed by atoms with Gasteiger partial charge in [0.15, 0.2) is 0 Å². The Kier molecular flexibility index (Phi) is 6.40. The lowest BCUT2D eigenvalue weighted by molar-refractivity contribution is -0.120. The van der Waals surface area contributed by atoms with Crippen molar-refractivity contribution >= 4 is 21.6 Å². The van der Waals surface area contributed by atoms with Crippen LogP contribution in [-0.4, -0.2) is 48.2 Å². The Bertz CT molecular complexity index is 589. The van der Waals surface area contributed by atoms with Gasteiger partial charge in [-0.15, -0.1) is 0 Å². The minimum atomic E-state index is -3.81. The fourth-order valence-electron chi connectivity index (χ4n) is 1.46. The molecule has 8 nitrogen and oxygen atoms in total. The van der Waals surface area contributed by atoms with Crippen molar-refractivity contribution in [2.24, 2.45) is 0 Å². The van der Waals surface area contributed by atoms with Crippen LogP contribution in [0.1, 0.15) is 0 Å². The van der Waals surface area contributed by atoms with E-state index in [4.69, 9.17) is 15.2 Å². The summed E-state index contributed by atoms with van der Waals surface area (Å²) in [5, 5.41) is 2.50. The van der Waals surface area contributed by atoms with E-state index in [-0.39, 0.29) is 17.2 Å². The van der Waals surface area contributed by atoms with E-state index in [0.29, 0.717) is 18.8 Å². The van der Waals surface area contributed by atoms with Gasteiger partial charge in [-0.3, -0.25) is 4.79 Å². The molecule has 0 saturated heterocycles. The summed E-state index contributed by atoms with van der Waals surface area (Å²) in [7, 11) is -0.922. The zero-order valence-electron chi connectivity index (χ0n) is 11.9. The van der Waals surface area contributed by atoms with Crippen molar-refractivity contribution in [1.82, 2.24) is 10.0 Å². The highest BCUT2D eigenvalue weighted by atomic mass is 32.2. The summed E-state index contributed by atoms with van der Waals surface area (Å²) in [5.41, 5.74) is 5.94. The van der Waals surface area contributed by atoms with Gasteiger partial charge in [-0.2, -0.15) is 0 Å². The SMILES string of the molecule is COCCNC(=O)CNS(=O)(=O)c1ccc(N)c(OC)c1. The molecule has 1 aromatic carbocycles. The fourth-order valence-corrected chi connectivity index (χ4v) is 2.45. The first-order valence-corrected chi connectivity index (χ1v) is 7.58. The Morgan fingerprint density at radius 2 is 2.05 bits per heavy atom. The van der Waals surface area contributed by atoms with Crippen LogP contribution < -0.4 is 20.5 Å². The molecule has 0 saturated carbocycles. The lowest BCUT2D eigenvalue weighted by Gasteiger charge is -2.10. The van der Waals surface area contributed by atoms with Gasteiger partial charge < -0.3 is 20.5 Å². The van der Waals surface area contributed by atoms with Crippen LogP contribution >= 0.6 is 0 Å². The van der Waals surface area contributed by atoms with E-state index in [9.17, 15) is 13.2 Å². The molecule has 0 heterocycles. The van der Waals surface area contributed by atoms with E-state index in [1.165, 1.54) is 32.4 Å². The summed E-state index contributed by atoms with van der Waals surface area (Å²) in [4.78, 5) is 11.4. The number of nitrogen functional groups attached to an aromatic ring is 1. The minimum Gasteiger partial charge on any atom is -0.495 e. The number of amides is 1. The molecule has 9 heteroatoms. The smallest absolute Gasteiger partial charge is 0.241 e. The summed E-state index contributed by atoms with van der Waals surface area (Å²) >= 11 is 0. The number of carbonyl (C=O) groups is 1. The molecule has 0 bridgehead atoms. The maximum absolute atomic E-state index is 12.0. The Balaban J connectivity index is 2.67. The number of rotatable bonds is 8. The van der Waals surface area contributed by atoms with Gasteiger partial charge in [-0.25, -0.2) is 13.1 Å². The van der Waals surface area contributed by atoms with Gasteiger partial charge in [0.25, 0.3) is 0 Å². The lowest BCUT2D eigenvalue weighted by atomic mass is 10.3. The molecule has 0 unspecified atom stereocenters. The quantitative estimate of drug-likeness (QED) is 0.431. The molecule has 21 heavy (non-hydrogen) atoms. The molecule has 4 N–H and O–H groups in total. The molecular formula is C12H19N3O5S. The van der Waals surface area contributed by atoms with Gasteiger partial charge >= 0.3 is 0 Å². The van der Waals surface area contributed by atoms with E-state index in [1.807, 2.05) is 0 Å². The van der Waals surface area contributed by atoms with Crippen LogP contribution in [-0.2, 0) is 19.6 Å². The molecule has 0 aliphatic carbocycles. The van der Waals surface area contributed by atoms with Crippen LogP contribution in [0.2, 0.25) is 0 Å². The van der Waals surface area contributed by atoms with E-state index >= 15 is 0 Å². The molecule has 1 rings (SSSR count). The Morgan fingerprint density at radius 3 is 2.67 bits per heavy atom. The molecule has 0 radical (unpaired) electrons. The summed E-state index contributed by atoms with van der Waals surface area (Å²) in [5.74, 6) is -0.194. The highest BCUT2D eigenvalue weighted by molar-refractivity contribution is 7.89. The second kappa shape index (κ2) is 7.81. The van der Waals surface area contributed by atoms with E-state index in [2.05, 4.69) is 10.0 Å². The first kappa shape index (κ1) is 17.2. The normalized spacial score (nSPS) is 11.1. The standard InChI is InChI=1S/C12H19N3O5S/c1-19-6-5-14-12(16)8-15-21(17,18)9-3-4-10(13)11(7-9)20-2/h3-4,7,15H,5-6,8,13H2,1-2H3,(H,14,16). The molecule has 0 spiro atoms. The van der Waals surface area contributed by atoms with Gasteiger partial charge in [-0.1, -0.05) is 0 Å². The van der Waals surface area contributed by atoms with E-state index in [0.717, 1.165) is 0 Å². The van der Waals surface area contributed by atoms with Gasteiger partial charge in [0.2, 0.25) is 15.9 Å². The van der Waals surface area contributed by atoms with E-state index < -0.39 is 15.9 Å². The number of sulfonamides is 1. The van der Waals surface area contributed by atoms with Crippen LogP contribution in [0.5, 0.6) is 5.75 Å². The molecule has 1 amide bonds. The number of nitrogens with two attached hydrogens (primary N) is 1. The predicted molar refractivity (Wildman–Crippen MR) is 77.5 cm³/mol. The Hall–Kier alpha value is -1.84. The van der Waals surface area contributed by atoms with Gasteiger partial charge in [0.1, 0.15) is 5.75 Å². The molecular weight excluding hydrogens is 298 g/mol. The van der Waals surface area contributed by atoms with Crippen molar-refractivity contribution in [3.63, 3.8) is 0 Å². The van der Waals surface area contributed by atoms with Crippen molar-refractivity contribution in [2.45, 2.75) is 4.90 Å². The molecule has 0 atom stereocenters. The zero-order chi connectivity index (χ0) is 15.9. The van der Waals surface area contributed by atoms with Crippen molar-refractivity contribution in [1.29, 1.82) is 0 Å².